The molecule has 0 saturated carbocycles. The molecule has 1 heterocycles. The Morgan fingerprint density at radius 1 is 1.25 bits per heavy atom. The summed E-state index contributed by atoms with van der Waals surface area (Å²) in [4.78, 5) is 16.5. The molecule has 1 aromatic carbocycles. The summed E-state index contributed by atoms with van der Waals surface area (Å²) in [6.07, 6.45) is 2.50. The van der Waals surface area contributed by atoms with Gasteiger partial charge in [0.15, 0.2) is 0 Å². The van der Waals surface area contributed by atoms with E-state index in [0.29, 0.717) is 12.0 Å². The van der Waals surface area contributed by atoms with Gasteiger partial charge in [0.05, 0.1) is 11.1 Å². The van der Waals surface area contributed by atoms with Gasteiger partial charge in [0.1, 0.15) is 0 Å². The molecule has 0 aliphatic rings. The molecule has 2 aromatic rings. The normalized spacial score (nSPS) is 11.0. The van der Waals surface area contributed by atoms with Crippen molar-refractivity contribution in [2.24, 2.45) is 0 Å². The van der Waals surface area contributed by atoms with E-state index in [9.17, 15) is 9.90 Å². The monoisotopic (exact) mass is 271 g/mol. The van der Waals surface area contributed by atoms with E-state index in [4.69, 9.17) is 4.98 Å². The van der Waals surface area contributed by atoms with Crippen molar-refractivity contribution in [2.45, 2.75) is 47.0 Å². The lowest BCUT2D eigenvalue weighted by Crippen LogP contribution is -2.10. The quantitative estimate of drug-likeness (QED) is 0.912. The molecular weight excluding hydrogens is 250 g/mol. The minimum atomic E-state index is -0.849. The van der Waals surface area contributed by atoms with E-state index >= 15 is 0 Å². The van der Waals surface area contributed by atoms with Crippen LogP contribution in [0.3, 0.4) is 0 Å². The second kappa shape index (κ2) is 5.61. The Morgan fingerprint density at radius 3 is 2.50 bits per heavy atom. The number of rotatable bonds is 4. The molecule has 0 saturated heterocycles. The van der Waals surface area contributed by atoms with Gasteiger partial charge in [0.25, 0.3) is 0 Å². The van der Waals surface area contributed by atoms with E-state index in [2.05, 4.69) is 6.92 Å². The van der Waals surface area contributed by atoms with E-state index < -0.39 is 5.97 Å². The van der Waals surface area contributed by atoms with Crippen LogP contribution >= 0.6 is 0 Å². The van der Waals surface area contributed by atoms with E-state index in [1.807, 2.05) is 32.9 Å². The number of hydrogen-bond acceptors (Lipinski definition) is 2. The number of carboxylic acids is 1. The zero-order valence-electron chi connectivity index (χ0n) is 12.6. The van der Waals surface area contributed by atoms with Crippen LogP contribution in [-0.4, -0.2) is 16.1 Å². The van der Waals surface area contributed by atoms with Gasteiger partial charge < -0.3 is 5.11 Å². The highest BCUT2D eigenvalue weighted by atomic mass is 16.4. The van der Waals surface area contributed by atoms with Gasteiger partial charge >= 0.3 is 5.97 Å². The molecule has 3 nitrogen and oxygen atoms in total. The molecule has 0 bridgehead atoms. The van der Waals surface area contributed by atoms with Gasteiger partial charge in [-0.2, -0.15) is 0 Å². The first-order chi connectivity index (χ1) is 9.49. The maximum Gasteiger partial charge on any atom is 0.336 e. The molecule has 106 valence electrons. The van der Waals surface area contributed by atoms with Crippen molar-refractivity contribution in [2.75, 3.05) is 0 Å². The lowest BCUT2D eigenvalue weighted by molar-refractivity contribution is 0.0697. The Kier molecular flexibility index (Phi) is 4.07. The summed E-state index contributed by atoms with van der Waals surface area (Å²) in [6.45, 7) is 8.06. The first-order valence-corrected chi connectivity index (χ1v) is 7.15. The SMILES string of the molecule is CCCc1nc2cc(C)cc(C)c2c(C(=O)O)c1CC. The minimum absolute atomic E-state index is 0.443. The zero-order chi connectivity index (χ0) is 14.9. The van der Waals surface area contributed by atoms with Crippen molar-refractivity contribution in [3.8, 4) is 0 Å². The number of aromatic carboxylic acids is 1. The first kappa shape index (κ1) is 14.5. The predicted molar refractivity (Wildman–Crippen MR) is 81.5 cm³/mol. The molecule has 1 N–H and O–H groups in total. The van der Waals surface area contributed by atoms with Crippen LogP contribution in [0.15, 0.2) is 12.1 Å². The second-order valence-electron chi connectivity index (χ2n) is 5.30. The van der Waals surface area contributed by atoms with Crippen LogP contribution in [0.1, 0.15) is 53.0 Å². The van der Waals surface area contributed by atoms with Crippen LogP contribution < -0.4 is 0 Å². The van der Waals surface area contributed by atoms with E-state index in [0.717, 1.165) is 46.1 Å². The lowest BCUT2D eigenvalue weighted by Gasteiger charge is -2.15. The second-order valence-corrected chi connectivity index (χ2v) is 5.30. The molecule has 0 aliphatic heterocycles. The molecule has 0 spiro atoms. The van der Waals surface area contributed by atoms with Gasteiger partial charge in [-0.3, -0.25) is 4.98 Å². The predicted octanol–water partition coefficient (Wildman–Crippen LogP) is 4.06. The van der Waals surface area contributed by atoms with Gasteiger partial charge in [-0.25, -0.2) is 4.79 Å². The molecule has 20 heavy (non-hydrogen) atoms. The topological polar surface area (TPSA) is 50.2 Å². The molecule has 2 rings (SSSR count). The van der Waals surface area contributed by atoms with Crippen LogP contribution in [0.25, 0.3) is 10.9 Å². The Labute approximate surface area is 119 Å². The van der Waals surface area contributed by atoms with Crippen molar-refractivity contribution in [3.63, 3.8) is 0 Å². The van der Waals surface area contributed by atoms with Gasteiger partial charge in [-0.1, -0.05) is 26.3 Å². The molecule has 0 unspecified atom stereocenters. The number of benzene rings is 1. The number of pyridine rings is 1. The third-order valence-corrected chi connectivity index (χ3v) is 3.67. The average Bonchev–Trinajstić information content (AvgIpc) is 2.36. The van der Waals surface area contributed by atoms with E-state index in [-0.39, 0.29) is 0 Å². The third-order valence-electron chi connectivity index (χ3n) is 3.67. The maximum absolute atomic E-state index is 11.8. The summed E-state index contributed by atoms with van der Waals surface area (Å²) in [5.41, 5.74) is 5.18. The Hall–Kier alpha value is -1.90. The summed E-state index contributed by atoms with van der Waals surface area (Å²) in [5.74, 6) is -0.849. The highest BCUT2D eigenvalue weighted by Crippen LogP contribution is 2.28. The molecule has 0 amide bonds. The van der Waals surface area contributed by atoms with Gasteiger partial charge in [0.2, 0.25) is 0 Å². The van der Waals surface area contributed by atoms with Gasteiger partial charge in [0, 0.05) is 11.1 Å². The maximum atomic E-state index is 11.8. The molecule has 0 radical (unpaired) electrons. The number of aryl methyl sites for hydroxylation is 3. The van der Waals surface area contributed by atoms with Gasteiger partial charge in [-0.15, -0.1) is 0 Å². The molecule has 0 atom stereocenters. The third kappa shape index (κ3) is 2.40. The number of carbonyl (C=O) groups is 1. The summed E-state index contributed by atoms with van der Waals surface area (Å²) in [7, 11) is 0. The Balaban J connectivity index is 2.94. The minimum Gasteiger partial charge on any atom is -0.478 e. The number of nitrogens with zero attached hydrogens (tertiary/aromatic N) is 1. The lowest BCUT2D eigenvalue weighted by atomic mass is 9.93. The standard InChI is InChI=1S/C17H21NO2/c1-5-7-13-12(6-2)16(17(19)20)15-11(4)8-10(3)9-14(15)18-13/h8-9H,5-7H2,1-4H3,(H,19,20). The van der Waals surface area contributed by atoms with Crippen molar-refractivity contribution < 1.29 is 9.90 Å². The summed E-state index contributed by atoms with van der Waals surface area (Å²) in [5, 5.41) is 10.4. The molecule has 1 aromatic heterocycles. The number of aromatic nitrogens is 1. The van der Waals surface area contributed by atoms with E-state index in [1.165, 1.54) is 0 Å². The van der Waals surface area contributed by atoms with Crippen molar-refractivity contribution in [1.29, 1.82) is 0 Å². The zero-order valence-corrected chi connectivity index (χ0v) is 12.6. The first-order valence-electron chi connectivity index (χ1n) is 7.15. The summed E-state index contributed by atoms with van der Waals surface area (Å²) >= 11 is 0. The smallest absolute Gasteiger partial charge is 0.336 e. The van der Waals surface area contributed by atoms with Crippen LogP contribution in [0.5, 0.6) is 0 Å². The molecule has 0 fully saturated rings. The number of hydrogen-bond donors (Lipinski definition) is 1. The highest BCUT2D eigenvalue weighted by Gasteiger charge is 2.20. The number of carboxylic acid groups (broad SMARTS) is 1. The fraction of sp³-hybridized carbons (Fsp3) is 0.412. The number of fused-ring (bicyclic) bond motifs is 1. The van der Waals surface area contributed by atoms with Crippen molar-refractivity contribution in [1.82, 2.24) is 4.98 Å². The van der Waals surface area contributed by atoms with Crippen LogP contribution in [0.2, 0.25) is 0 Å². The fourth-order valence-corrected chi connectivity index (χ4v) is 2.93. The van der Waals surface area contributed by atoms with Crippen molar-refractivity contribution >= 4 is 16.9 Å². The van der Waals surface area contributed by atoms with Crippen LogP contribution in [-0.2, 0) is 12.8 Å². The van der Waals surface area contributed by atoms with E-state index in [1.54, 1.807) is 0 Å². The largest absolute Gasteiger partial charge is 0.478 e. The molecule has 3 heteroatoms. The highest BCUT2D eigenvalue weighted by molar-refractivity contribution is 6.05. The van der Waals surface area contributed by atoms with Crippen LogP contribution in [0, 0.1) is 13.8 Å². The Bertz CT molecular complexity index is 674. The Morgan fingerprint density at radius 2 is 1.95 bits per heavy atom. The molecule has 0 aliphatic carbocycles. The summed E-state index contributed by atoms with van der Waals surface area (Å²) in [6, 6.07) is 4.00. The fourth-order valence-electron chi connectivity index (χ4n) is 2.93. The van der Waals surface area contributed by atoms with Crippen LogP contribution in [0.4, 0.5) is 0 Å². The summed E-state index contributed by atoms with van der Waals surface area (Å²) < 4.78 is 0. The molecular formula is C17H21NO2. The van der Waals surface area contributed by atoms with Gasteiger partial charge in [-0.05, 0) is 49.4 Å². The average molecular weight is 271 g/mol. The van der Waals surface area contributed by atoms with Crippen molar-refractivity contribution in [3.05, 3.63) is 40.1 Å².